The molecule has 3 aromatic rings. The summed E-state index contributed by atoms with van der Waals surface area (Å²) in [6.45, 7) is 0. The number of thiophene rings is 1. The number of methoxy groups -OCH3 is 1. The van der Waals surface area contributed by atoms with Gasteiger partial charge < -0.3 is 10.1 Å². The van der Waals surface area contributed by atoms with E-state index in [1.165, 1.54) is 0 Å². The largest absolute Gasteiger partial charge is 0.497 e. The highest BCUT2D eigenvalue weighted by molar-refractivity contribution is 7.10. The molecule has 0 atom stereocenters. The first-order chi connectivity index (χ1) is 11.7. The number of hydrogen-bond donors (Lipinski definition) is 1. The van der Waals surface area contributed by atoms with Crippen LogP contribution in [0.3, 0.4) is 0 Å². The molecule has 3 rings (SSSR count). The van der Waals surface area contributed by atoms with E-state index in [4.69, 9.17) is 4.74 Å². The standard InChI is InChI=1S/C20H15NO2S/c1-23-18-8-3-6-16(14-18)20(22)21-17-7-2-5-15(13-17)10-11-19-9-4-12-24-19/h2-9,12-14H,1H3,(H,21,22). The zero-order valence-corrected chi connectivity index (χ0v) is 13.9. The van der Waals surface area contributed by atoms with Crippen molar-refractivity contribution in [3.05, 3.63) is 82.0 Å². The number of carbonyl (C=O) groups is 1. The summed E-state index contributed by atoms with van der Waals surface area (Å²) in [6, 6.07) is 18.5. The first-order valence-corrected chi connectivity index (χ1v) is 8.23. The number of nitrogens with one attached hydrogen (secondary N) is 1. The third-order valence-corrected chi connectivity index (χ3v) is 4.09. The van der Waals surface area contributed by atoms with Crippen LogP contribution < -0.4 is 10.1 Å². The molecular formula is C20H15NO2S. The number of amides is 1. The number of anilines is 1. The molecule has 0 unspecified atom stereocenters. The monoisotopic (exact) mass is 333 g/mol. The number of hydrogen-bond acceptors (Lipinski definition) is 3. The van der Waals surface area contributed by atoms with Gasteiger partial charge in [-0.1, -0.05) is 30.0 Å². The topological polar surface area (TPSA) is 38.3 Å². The molecule has 0 aliphatic carbocycles. The first-order valence-electron chi connectivity index (χ1n) is 7.35. The van der Waals surface area contributed by atoms with Crippen LogP contribution in [-0.2, 0) is 0 Å². The van der Waals surface area contributed by atoms with Gasteiger partial charge in [0.05, 0.1) is 12.0 Å². The zero-order valence-electron chi connectivity index (χ0n) is 13.1. The minimum Gasteiger partial charge on any atom is -0.497 e. The molecule has 0 spiro atoms. The van der Waals surface area contributed by atoms with Gasteiger partial charge in [-0.2, -0.15) is 0 Å². The Kier molecular flexibility index (Phi) is 4.95. The Labute approximate surface area is 144 Å². The van der Waals surface area contributed by atoms with E-state index in [-0.39, 0.29) is 5.91 Å². The molecule has 118 valence electrons. The first kappa shape index (κ1) is 15.9. The Morgan fingerprint density at radius 3 is 2.71 bits per heavy atom. The summed E-state index contributed by atoms with van der Waals surface area (Å²) in [5, 5.41) is 4.88. The summed E-state index contributed by atoms with van der Waals surface area (Å²) in [5.74, 6) is 6.68. The average Bonchev–Trinajstić information content (AvgIpc) is 3.14. The normalized spacial score (nSPS) is 9.71. The lowest BCUT2D eigenvalue weighted by Gasteiger charge is -2.07. The Morgan fingerprint density at radius 2 is 1.92 bits per heavy atom. The van der Waals surface area contributed by atoms with Gasteiger partial charge in [0.2, 0.25) is 0 Å². The maximum Gasteiger partial charge on any atom is 0.255 e. The Morgan fingerprint density at radius 1 is 1.04 bits per heavy atom. The summed E-state index contributed by atoms with van der Waals surface area (Å²) < 4.78 is 5.14. The van der Waals surface area contributed by atoms with Crippen molar-refractivity contribution in [1.82, 2.24) is 0 Å². The molecule has 1 amide bonds. The van der Waals surface area contributed by atoms with E-state index < -0.39 is 0 Å². The van der Waals surface area contributed by atoms with Gasteiger partial charge in [-0.25, -0.2) is 0 Å². The van der Waals surface area contributed by atoms with Gasteiger partial charge in [0.25, 0.3) is 5.91 Å². The zero-order chi connectivity index (χ0) is 16.8. The van der Waals surface area contributed by atoms with E-state index >= 15 is 0 Å². The van der Waals surface area contributed by atoms with Gasteiger partial charge in [0, 0.05) is 16.8 Å². The molecular weight excluding hydrogens is 318 g/mol. The third-order valence-electron chi connectivity index (χ3n) is 3.30. The minimum atomic E-state index is -0.183. The summed E-state index contributed by atoms with van der Waals surface area (Å²) in [7, 11) is 1.58. The second-order valence-electron chi connectivity index (χ2n) is 4.99. The number of benzene rings is 2. The molecule has 1 heterocycles. The molecule has 1 aromatic heterocycles. The maximum atomic E-state index is 12.3. The second kappa shape index (κ2) is 7.49. The van der Waals surface area contributed by atoms with Crippen LogP contribution >= 0.6 is 11.3 Å². The summed E-state index contributed by atoms with van der Waals surface area (Å²) in [4.78, 5) is 13.4. The highest BCUT2D eigenvalue weighted by Crippen LogP contribution is 2.16. The van der Waals surface area contributed by atoms with Crippen molar-refractivity contribution in [3.63, 3.8) is 0 Å². The van der Waals surface area contributed by atoms with Crippen LogP contribution in [0.2, 0.25) is 0 Å². The van der Waals surface area contributed by atoms with Crippen LogP contribution in [-0.4, -0.2) is 13.0 Å². The fraction of sp³-hybridized carbons (Fsp3) is 0.0500. The highest BCUT2D eigenvalue weighted by Gasteiger charge is 2.07. The molecule has 2 aromatic carbocycles. The third kappa shape index (κ3) is 4.03. The molecule has 0 aliphatic rings. The van der Waals surface area contributed by atoms with Gasteiger partial charge in [0.15, 0.2) is 0 Å². The second-order valence-corrected chi connectivity index (χ2v) is 5.94. The van der Waals surface area contributed by atoms with E-state index in [0.29, 0.717) is 17.0 Å². The van der Waals surface area contributed by atoms with Crippen LogP contribution in [0.1, 0.15) is 20.8 Å². The molecule has 0 saturated carbocycles. The van der Waals surface area contributed by atoms with Crippen molar-refractivity contribution in [2.75, 3.05) is 12.4 Å². The van der Waals surface area contributed by atoms with Crippen molar-refractivity contribution >= 4 is 22.9 Å². The minimum absolute atomic E-state index is 0.183. The van der Waals surface area contributed by atoms with Gasteiger partial charge in [-0.3, -0.25) is 4.79 Å². The van der Waals surface area contributed by atoms with Crippen molar-refractivity contribution < 1.29 is 9.53 Å². The Balaban J connectivity index is 1.75. The Hall–Kier alpha value is -3.03. The lowest BCUT2D eigenvalue weighted by Crippen LogP contribution is -2.11. The predicted octanol–water partition coefficient (Wildman–Crippen LogP) is 4.41. The SMILES string of the molecule is COc1cccc(C(=O)Nc2cccc(C#Cc3cccs3)c2)c1. The molecule has 1 N–H and O–H groups in total. The van der Waals surface area contributed by atoms with Crippen LogP contribution in [0.4, 0.5) is 5.69 Å². The lowest BCUT2D eigenvalue weighted by molar-refractivity contribution is 0.102. The van der Waals surface area contributed by atoms with Crippen molar-refractivity contribution in [3.8, 4) is 17.6 Å². The fourth-order valence-electron chi connectivity index (χ4n) is 2.13. The van der Waals surface area contributed by atoms with Gasteiger partial charge in [-0.15, -0.1) is 11.3 Å². The van der Waals surface area contributed by atoms with Crippen LogP contribution in [0.25, 0.3) is 0 Å². The molecule has 24 heavy (non-hydrogen) atoms. The molecule has 0 bridgehead atoms. The van der Waals surface area contributed by atoms with Crippen LogP contribution in [0, 0.1) is 11.8 Å². The lowest BCUT2D eigenvalue weighted by atomic mass is 10.1. The fourth-order valence-corrected chi connectivity index (χ4v) is 2.70. The average molecular weight is 333 g/mol. The van der Waals surface area contributed by atoms with E-state index in [9.17, 15) is 4.79 Å². The van der Waals surface area contributed by atoms with E-state index in [1.807, 2.05) is 41.8 Å². The molecule has 3 nitrogen and oxygen atoms in total. The quantitative estimate of drug-likeness (QED) is 0.721. The van der Waals surface area contributed by atoms with E-state index in [0.717, 1.165) is 10.4 Å². The van der Waals surface area contributed by atoms with Crippen molar-refractivity contribution in [1.29, 1.82) is 0 Å². The van der Waals surface area contributed by atoms with E-state index in [2.05, 4.69) is 17.2 Å². The van der Waals surface area contributed by atoms with Crippen LogP contribution in [0.5, 0.6) is 5.75 Å². The van der Waals surface area contributed by atoms with Gasteiger partial charge >= 0.3 is 0 Å². The number of carbonyl (C=O) groups excluding carboxylic acids is 1. The molecule has 0 radical (unpaired) electrons. The predicted molar refractivity (Wildman–Crippen MR) is 97.7 cm³/mol. The van der Waals surface area contributed by atoms with E-state index in [1.54, 1.807) is 42.7 Å². The van der Waals surface area contributed by atoms with Gasteiger partial charge in [-0.05, 0) is 47.8 Å². The highest BCUT2D eigenvalue weighted by atomic mass is 32.1. The molecule has 0 aliphatic heterocycles. The molecule has 4 heteroatoms. The molecule has 0 fully saturated rings. The smallest absolute Gasteiger partial charge is 0.255 e. The van der Waals surface area contributed by atoms with Crippen molar-refractivity contribution in [2.24, 2.45) is 0 Å². The molecule has 0 saturated heterocycles. The summed E-state index contributed by atoms with van der Waals surface area (Å²) >= 11 is 1.60. The summed E-state index contributed by atoms with van der Waals surface area (Å²) in [5.41, 5.74) is 2.11. The Bertz CT molecular complexity index is 905. The van der Waals surface area contributed by atoms with Crippen molar-refractivity contribution in [2.45, 2.75) is 0 Å². The van der Waals surface area contributed by atoms with Crippen LogP contribution in [0.15, 0.2) is 66.0 Å². The van der Waals surface area contributed by atoms with Gasteiger partial charge in [0.1, 0.15) is 5.75 Å². The summed E-state index contributed by atoms with van der Waals surface area (Å²) in [6.07, 6.45) is 0. The maximum absolute atomic E-state index is 12.3. The number of ether oxygens (including phenoxy) is 1. The number of rotatable bonds is 3.